The van der Waals surface area contributed by atoms with Gasteiger partial charge in [-0.1, -0.05) is 19.1 Å². The highest BCUT2D eigenvalue weighted by molar-refractivity contribution is 5.92. The largest absolute Gasteiger partial charge is 0.378 e. The number of carbonyl (C=O) groups excluding carboxylic acids is 1. The second-order valence-corrected chi connectivity index (χ2v) is 5.86. The topological polar surface area (TPSA) is 50.4 Å². The molecular formula is C17H26N2O2. The Morgan fingerprint density at radius 2 is 2.10 bits per heavy atom. The Kier molecular flexibility index (Phi) is 5.76. The quantitative estimate of drug-likeness (QED) is 0.846. The summed E-state index contributed by atoms with van der Waals surface area (Å²) in [6, 6.07) is 8.40. The van der Waals surface area contributed by atoms with Crippen molar-refractivity contribution in [1.82, 2.24) is 5.32 Å². The zero-order valence-electron chi connectivity index (χ0n) is 13.2. The van der Waals surface area contributed by atoms with Crippen molar-refractivity contribution in [1.29, 1.82) is 0 Å². The number of amides is 1. The molecule has 21 heavy (non-hydrogen) atoms. The summed E-state index contributed by atoms with van der Waals surface area (Å²) in [7, 11) is 0. The van der Waals surface area contributed by atoms with Crippen molar-refractivity contribution in [3.05, 3.63) is 29.8 Å². The van der Waals surface area contributed by atoms with Gasteiger partial charge in [-0.2, -0.15) is 0 Å². The van der Waals surface area contributed by atoms with E-state index in [-0.39, 0.29) is 17.9 Å². The zero-order valence-corrected chi connectivity index (χ0v) is 13.2. The summed E-state index contributed by atoms with van der Waals surface area (Å²) in [5.41, 5.74) is 2.09. The first-order valence-corrected chi connectivity index (χ1v) is 7.86. The van der Waals surface area contributed by atoms with Crippen molar-refractivity contribution >= 4 is 11.6 Å². The van der Waals surface area contributed by atoms with Crippen molar-refractivity contribution in [3.8, 4) is 0 Å². The third-order valence-corrected chi connectivity index (χ3v) is 3.95. The monoisotopic (exact) mass is 290 g/mol. The molecule has 1 heterocycles. The number of ether oxygens (including phenoxy) is 1. The van der Waals surface area contributed by atoms with Gasteiger partial charge in [0.05, 0.1) is 18.6 Å². The van der Waals surface area contributed by atoms with Crippen LogP contribution in [0.1, 0.15) is 45.2 Å². The average molecular weight is 290 g/mol. The van der Waals surface area contributed by atoms with Crippen LogP contribution in [0, 0.1) is 5.92 Å². The number of benzene rings is 1. The Labute approximate surface area is 127 Å². The summed E-state index contributed by atoms with van der Waals surface area (Å²) >= 11 is 0. The minimum atomic E-state index is -0.0233. The maximum Gasteiger partial charge on any atom is 0.229 e. The minimum absolute atomic E-state index is 0.0233. The van der Waals surface area contributed by atoms with E-state index in [0.29, 0.717) is 12.6 Å². The highest BCUT2D eigenvalue weighted by Crippen LogP contribution is 2.22. The Balaban J connectivity index is 1.88. The van der Waals surface area contributed by atoms with E-state index in [1.807, 2.05) is 19.1 Å². The minimum Gasteiger partial charge on any atom is -0.378 e. The highest BCUT2D eigenvalue weighted by Gasteiger charge is 2.28. The summed E-state index contributed by atoms with van der Waals surface area (Å²) in [6.07, 6.45) is 2.12. The van der Waals surface area contributed by atoms with Gasteiger partial charge in [0.25, 0.3) is 0 Å². The third-order valence-electron chi connectivity index (χ3n) is 3.95. The first kappa shape index (κ1) is 16.0. The van der Waals surface area contributed by atoms with E-state index < -0.39 is 0 Å². The van der Waals surface area contributed by atoms with Crippen LogP contribution in [-0.4, -0.2) is 25.2 Å². The van der Waals surface area contributed by atoms with E-state index in [9.17, 15) is 4.79 Å². The van der Waals surface area contributed by atoms with E-state index in [4.69, 9.17) is 4.74 Å². The molecule has 2 rings (SSSR count). The fourth-order valence-corrected chi connectivity index (χ4v) is 2.58. The molecule has 0 spiro atoms. The summed E-state index contributed by atoms with van der Waals surface area (Å²) in [6.45, 7) is 7.86. The molecule has 1 fully saturated rings. The molecule has 3 atom stereocenters. The first-order valence-electron chi connectivity index (χ1n) is 7.86. The molecule has 3 unspecified atom stereocenters. The molecule has 2 N–H and O–H groups in total. The SMILES string of the molecule is CCCNC(C)c1ccc(NC(=O)C2COC(C)C2)cc1. The molecule has 1 aromatic rings. The molecule has 116 valence electrons. The molecule has 4 nitrogen and oxygen atoms in total. The molecule has 0 bridgehead atoms. The van der Waals surface area contributed by atoms with Crippen molar-refractivity contribution in [3.63, 3.8) is 0 Å². The molecule has 1 aliphatic heterocycles. The lowest BCUT2D eigenvalue weighted by Gasteiger charge is -2.15. The Bertz CT molecular complexity index is 458. The predicted molar refractivity (Wildman–Crippen MR) is 85.3 cm³/mol. The molecule has 1 aliphatic rings. The second kappa shape index (κ2) is 7.57. The van der Waals surface area contributed by atoms with Crippen LogP contribution in [0.25, 0.3) is 0 Å². The van der Waals surface area contributed by atoms with Gasteiger partial charge < -0.3 is 15.4 Å². The van der Waals surface area contributed by atoms with Crippen molar-refractivity contribution < 1.29 is 9.53 Å². The second-order valence-electron chi connectivity index (χ2n) is 5.86. The molecule has 1 amide bonds. The molecule has 0 aliphatic carbocycles. The number of rotatable bonds is 6. The van der Waals surface area contributed by atoms with Gasteiger partial charge in [0, 0.05) is 11.7 Å². The summed E-state index contributed by atoms with van der Waals surface area (Å²) in [4.78, 5) is 12.1. The van der Waals surface area contributed by atoms with Crippen LogP contribution in [-0.2, 0) is 9.53 Å². The smallest absolute Gasteiger partial charge is 0.229 e. The summed E-state index contributed by atoms with van der Waals surface area (Å²) in [5, 5.41) is 6.43. The molecule has 1 saturated heterocycles. The first-order chi connectivity index (χ1) is 10.1. The fraction of sp³-hybridized carbons (Fsp3) is 0.588. The normalized spacial score (nSPS) is 23.0. The van der Waals surface area contributed by atoms with Gasteiger partial charge >= 0.3 is 0 Å². The Morgan fingerprint density at radius 1 is 1.38 bits per heavy atom. The van der Waals surface area contributed by atoms with E-state index in [2.05, 4.69) is 36.6 Å². The van der Waals surface area contributed by atoms with Crippen LogP contribution in [0.3, 0.4) is 0 Å². The van der Waals surface area contributed by atoms with Gasteiger partial charge in [0.2, 0.25) is 5.91 Å². The number of hydrogen-bond donors (Lipinski definition) is 2. The zero-order chi connectivity index (χ0) is 15.2. The van der Waals surface area contributed by atoms with E-state index in [1.54, 1.807) is 0 Å². The molecule has 4 heteroatoms. The lowest BCUT2D eigenvalue weighted by Crippen LogP contribution is -2.23. The van der Waals surface area contributed by atoms with Gasteiger partial charge in [0.15, 0.2) is 0 Å². The third kappa shape index (κ3) is 4.55. The number of hydrogen-bond acceptors (Lipinski definition) is 3. The number of carbonyl (C=O) groups is 1. The van der Waals surface area contributed by atoms with E-state index >= 15 is 0 Å². The Hall–Kier alpha value is -1.39. The maximum absolute atomic E-state index is 12.1. The van der Waals surface area contributed by atoms with Gasteiger partial charge in [-0.3, -0.25) is 4.79 Å². The van der Waals surface area contributed by atoms with E-state index in [1.165, 1.54) is 5.56 Å². The Morgan fingerprint density at radius 3 is 2.67 bits per heavy atom. The maximum atomic E-state index is 12.1. The molecule has 0 aromatic heterocycles. The van der Waals surface area contributed by atoms with Crippen molar-refractivity contribution in [2.24, 2.45) is 5.92 Å². The number of anilines is 1. The van der Waals surface area contributed by atoms with Crippen LogP contribution >= 0.6 is 0 Å². The van der Waals surface area contributed by atoms with Crippen LogP contribution in [0.5, 0.6) is 0 Å². The average Bonchev–Trinajstić information content (AvgIpc) is 2.92. The molecule has 0 radical (unpaired) electrons. The molecular weight excluding hydrogens is 264 g/mol. The van der Waals surface area contributed by atoms with Crippen molar-refractivity contribution in [2.45, 2.75) is 45.8 Å². The van der Waals surface area contributed by atoms with Crippen molar-refractivity contribution in [2.75, 3.05) is 18.5 Å². The lowest BCUT2D eigenvalue weighted by molar-refractivity contribution is -0.119. The van der Waals surface area contributed by atoms with Gasteiger partial charge in [0.1, 0.15) is 0 Å². The van der Waals surface area contributed by atoms with Gasteiger partial charge in [-0.25, -0.2) is 0 Å². The van der Waals surface area contributed by atoms with Crippen LogP contribution < -0.4 is 10.6 Å². The summed E-state index contributed by atoms with van der Waals surface area (Å²) in [5.74, 6) is 0.0362. The van der Waals surface area contributed by atoms with E-state index in [0.717, 1.165) is 25.1 Å². The van der Waals surface area contributed by atoms with Crippen LogP contribution in [0.4, 0.5) is 5.69 Å². The van der Waals surface area contributed by atoms with Crippen LogP contribution in [0.15, 0.2) is 24.3 Å². The summed E-state index contributed by atoms with van der Waals surface area (Å²) < 4.78 is 5.44. The number of nitrogens with one attached hydrogen (secondary N) is 2. The van der Waals surface area contributed by atoms with Crippen LogP contribution in [0.2, 0.25) is 0 Å². The predicted octanol–water partition coefficient (Wildman–Crippen LogP) is 3.11. The lowest BCUT2D eigenvalue weighted by atomic mass is 10.0. The fourth-order valence-electron chi connectivity index (χ4n) is 2.58. The van der Waals surface area contributed by atoms with Gasteiger partial charge in [-0.15, -0.1) is 0 Å². The standard InChI is InChI=1S/C17H26N2O2/c1-4-9-18-13(3)14-5-7-16(8-6-14)19-17(20)15-10-12(2)21-11-15/h5-8,12-13,15,18H,4,9-11H2,1-3H3,(H,19,20). The molecule has 1 aromatic carbocycles. The van der Waals surface area contributed by atoms with Gasteiger partial charge in [-0.05, 0) is 50.9 Å². The highest BCUT2D eigenvalue weighted by atomic mass is 16.5. The molecule has 0 saturated carbocycles.